The van der Waals surface area contributed by atoms with E-state index in [1.807, 2.05) is 26.1 Å². The highest BCUT2D eigenvalue weighted by molar-refractivity contribution is 5.42. The summed E-state index contributed by atoms with van der Waals surface area (Å²) in [6.45, 7) is 4.66. The van der Waals surface area contributed by atoms with E-state index < -0.39 is 5.54 Å². The van der Waals surface area contributed by atoms with Gasteiger partial charge in [-0.25, -0.2) is 0 Å². The Kier molecular flexibility index (Phi) is 7.04. The van der Waals surface area contributed by atoms with Crippen LogP contribution in [0.4, 0.5) is 0 Å². The van der Waals surface area contributed by atoms with Gasteiger partial charge in [-0.2, -0.15) is 5.26 Å². The molecule has 0 saturated heterocycles. The molecule has 0 fully saturated rings. The van der Waals surface area contributed by atoms with Crippen molar-refractivity contribution < 1.29 is 9.47 Å². The van der Waals surface area contributed by atoms with Crippen molar-refractivity contribution in [2.45, 2.75) is 45.1 Å². The summed E-state index contributed by atoms with van der Waals surface area (Å²) in [7, 11) is 3.48. The molecule has 0 radical (unpaired) electrons. The lowest BCUT2D eigenvalue weighted by atomic mass is 9.97. The molecule has 116 valence electrons. The first-order chi connectivity index (χ1) is 10.1. The summed E-state index contributed by atoms with van der Waals surface area (Å²) < 4.78 is 11.1. The third-order valence-corrected chi connectivity index (χ3v) is 3.76. The van der Waals surface area contributed by atoms with Gasteiger partial charge in [-0.05, 0) is 57.4 Å². The van der Waals surface area contributed by atoms with Crippen LogP contribution in [-0.2, 0) is 6.42 Å². The van der Waals surface area contributed by atoms with Gasteiger partial charge in [-0.3, -0.25) is 0 Å². The Hall–Kier alpha value is -1.73. The second-order valence-electron chi connectivity index (χ2n) is 5.34. The lowest BCUT2D eigenvalue weighted by molar-refractivity contribution is 0.280. The Bertz CT molecular complexity index is 482. The Balaban J connectivity index is 2.41. The van der Waals surface area contributed by atoms with Gasteiger partial charge in [0.1, 0.15) is 5.54 Å². The quantitative estimate of drug-likeness (QED) is 0.709. The lowest BCUT2D eigenvalue weighted by Crippen LogP contribution is -2.37. The number of rotatable bonds is 9. The summed E-state index contributed by atoms with van der Waals surface area (Å²) in [6.07, 6.45) is 3.65. The predicted molar refractivity (Wildman–Crippen MR) is 84.8 cm³/mol. The smallest absolute Gasteiger partial charge is 0.161 e. The molecule has 1 atom stereocenters. The van der Waals surface area contributed by atoms with Gasteiger partial charge in [0.2, 0.25) is 0 Å². The maximum Gasteiger partial charge on any atom is 0.161 e. The molecule has 0 aliphatic rings. The maximum absolute atomic E-state index is 9.08. The number of aryl methyl sites for hydroxylation is 1. The lowest BCUT2D eigenvalue weighted by Gasteiger charge is -2.20. The summed E-state index contributed by atoms with van der Waals surface area (Å²) >= 11 is 0. The van der Waals surface area contributed by atoms with Crippen LogP contribution in [0.5, 0.6) is 11.5 Å². The molecular weight excluding hydrogens is 264 g/mol. The third kappa shape index (κ3) is 5.28. The van der Waals surface area contributed by atoms with E-state index in [0.717, 1.165) is 37.2 Å². The van der Waals surface area contributed by atoms with Gasteiger partial charge < -0.3 is 14.8 Å². The Morgan fingerprint density at radius 3 is 2.62 bits per heavy atom. The maximum atomic E-state index is 9.08. The van der Waals surface area contributed by atoms with Crippen molar-refractivity contribution in [2.75, 3.05) is 20.8 Å². The molecular formula is C17H26N2O2. The van der Waals surface area contributed by atoms with E-state index in [9.17, 15) is 0 Å². The summed E-state index contributed by atoms with van der Waals surface area (Å²) in [6, 6.07) is 8.34. The predicted octanol–water partition coefficient (Wildman–Crippen LogP) is 3.31. The first kappa shape index (κ1) is 17.3. The van der Waals surface area contributed by atoms with E-state index in [1.165, 1.54) is 5.56 Å². The summed E-state index contributed by atoms with van der Waals surface area (Å²) in [5.74, 6) is 1.57. The fourth-order valence-electron chi connectivity index (χ4n) is 2.05. The number of hydrogen-bond donors (Lipinski definition) is 1. The second kappa shape index (κ2) is 8.53. The van der Waals surface area contributed by atoms with Crippen molar-refractivity contribution in [3.05, 3.63) is 23.8 Å². The first-order valence-corrected chi connectivity index (χ1v) is 7.48. The summed E-state index contributed by atoms with van der Waals surface area (Å²) in [4.78, 5) is 0. The zero-order valence-corrected chi connectivity index (χ0v) is 13.5. The standard InChI is InChI=1S/C17H26N2O2/c1-5-14-8-9-15(16(12-14)20-4)21-11-7-6-10-17(2,13-18)19-3/h8-9,12,19H,5-7,10-11H2,1-4H3. The van der Waals surface area contributed by atoms with E-state index in [2.05, 4.69) is 24.4 Å². The molecule has 0 bridgehead atoms. The fourth-order valence-corrected chi connectivity index (χ4v) is 2.05. The number of methoxy groups -OCH3 is 1. The highest BCUT2D eigenvalue weighted by atomic mass is 16.5. The molecule has 1 rings (SSSR count). The first-order valence-electron chi connectivity index (χ1n) is 7.48. The van der Waals surface area contributed by atoms with E-state index in [4.69, 9.17) is 14.7 Å². The molecule has 4 heteroatoms. The molecule has 0 heterocycles. The van der Waals surface area contributed by atoms with Crippen molar-refractivity contribution in [2.24, 2.45) is 0 Å². The zero-order valence-electron chi connectivity index (χ0n) is 13.5. The Morgan fingerprint density at radius 2 is 2.05 bits per heavy atom. The number of nitrogens with zero attached hydrogens (tertiary/aromatic N) is 1. The molecule has 4 nitrogen and oxygen atoms in total. The minimum Gasteiger partial charge on any atom is -0.493 e. The second-order valence-corrected chi connectivity index (χ2v) is 5.34. The summed E-state index contributed by atoms with van der Waals surface area (Å²) in [5.41, 5.74) is 0.790. The van der Waals surface area contributed by atoms with Gasteiger partial charge in [-0.1, -0.05) is 13.0 Å². The molecule has 0 aromatic heterocycles. The average Bonchev–Trinajstić information content (AvgIpc) is 2.54. The van der Waals surface area contributed by atoms with E-state index in [1.54, 1.807) is 7.11 Å². The minimum atomic E-state index is -0.444. The molecule has 21 heavy (non-hydrogen) atoms. The van der Waals surface area contributed by atoms with Crippen molar-refractivity contribution >= 4 is 0 Å². The SMILES string of the molecule is CCc1ccc(OCCCCC(C)(C#N)NC)c(OC)c1. The largest absolute Gasteiger partial charge is 0.493 e. The van der Waals surface area contributed by atoms with Gasteiger partial charge in [0.15, 0.2) is 11.5 Å². The van der Waals surface area contributed by atoms with Crippen LogP contribution in [0.2, 0.25) is 0 Å². The van der Waals surface area contributed by atoms with Crippen LogP contribution < -0.4 is 14.8 Å². The van der Waals surface area contributed by atoms with Crippen LogP contribution in [0.15, 0.2) is 18.2 Å². The van der Waals surface area contributed by atoms with Gasteiger partial charge in [-0.15, -0.1) is 0 Å². The molecule has 0 spiro atoms. The molecule has 1 unspecified atom stereocenters. The third-order valence-electron chi connectivity index (χ3n) is 3.76. The zero-order chi connectivity index (χ0) is 15.7. The molecule has 0 aliphatic heterocycles. The highest BCUT2D eigenvalue weighted by Gasteiger charge is 2.19. The highest BCUT2D eigenvalue weighted by Crippen LogP contribution is 2.28. The van der Waals surface area contributed by atoms with E-state index in [0.29, 0.717) is 6.61 Å². The molecule has 0 aliphatic carbocycles. The summed E-state index contributed by atoms with van der Waals surface area (Å²) in [5, 5.41) is 12.1. The fraction of sp³-hybridized carbons (Fsp3) is 0.588. The van der Waals surface area contributed by atoms with Crippen LogP contribution in [-0.4, -0.2) is 26.3 Å². The van der Waals surface area contributed by atoms with E-state index >= 15 is 0 Å². The van der Waals surface area contributed by atoms with Crippen LogP contribution in [0, 0.1) is 11.3 Å². The number of unbranched alkanes of at least 4 members (excludes halogenated alkanes) is 1. The Morgan fingerprint density at radius 1 is 1.29 bits per heavy atom. The van der Waals surface area contributed by atoms with Crippen molar-refractivity contribution in [3.63, 3.8) is 0 Å². The molecule has 1 N–H and O–H groups in total. The van der Waals surface area contributed by atoms with Crippen molar-refractivity contribution in [1.29, 1.82) is 5.26 Å². The van der Waals surface area contributed by atoms with Crippen molar-refractivity contribution in [1.82, 2.24) is 5.32 Å². The van der Waals surface area contributed by atoms with Crippen LogP contribution in [0.25, 0.3) is 0 Å². The number of nitrogens with one attached hydrogen (secondary N) is 1. The van der Waals surface area contributed by atoms with Gasteiger partial charge in [0.05, 0.1) is 19.8 Å². The molecule has 1 aromatic carbocycles. The number of hydrogen-bond acceptors (Lipinski definition) is 4. The molecule has 0 saturated carbocycles. The van der Waals surface area contributed by atoms with Crippen LogP contribution >= 0.6 is 0 Å². The topological polar surface area (TPSA) is 54.3 Å². The Labute approximate surface area is 128 Å². The normalized spacial score (nSPS) is 13.3. The molecule has 0 amide bonds. The number of nitriles is 1. The number of ether oxygens (including phenoxy) is 2. The monoisotopic (exact) mass is 290 g/mol. The average molecular weight is 290 g/mol. The van der Waals surface area contributed by atoms with Gasteiger partial charge >= 0.3 is 0 Å². The number of benzene rings is 1. The minimum absolute atomic E-state index is 0.444. The van der Waals surface area contributed by atoms with Crippen LogP contribution in [0.3, 0.4) is 0 Å². The van der Waals surface area contributed by atoms with E-state index in [-0.39, 0.29) is 0 Å². The van der Waals surface area contributed by atoms with Gasteiger partial charge in [0.25, 0.3) is 0 Å². The molecule has 1 aromatic rings. The van der Waals surface area contributed by atoms with Crippen molar-refractivity contribution in [3.8, 4) is 17.6 Å². The van der Waals surface area contributed by atoms with Crippen LogP contribution in [0.1, 0.15) is 38.7 Å². The van der Waals surface area contributed by atoms with Gasteiger partial charge in [0, 0.05) is 0 Å².